The maximum atomic E-state index is 14.1. The van der Waals surface area contributed by atoms with Crippen molar-refractivity contribution >= 4 is 52.5 Å². The van der Waals surface area contributed by atoms with Gasteiger partial charge in [-0.3, -0.25) is 19.3 Å². The highest BCUT2D eigenvalue weighted by molar-refractivity contribution is 7.98. The molecule has 2 amide bonds. The fourth-order valence-electron chi connectivity index (χ4n) is 4.81. The lowest BCUT2D eigenvalue weighted by atomic mass is 10.0. The Bertz CT molecular complexity index is 1410. The van der Waals surface area contributed by atoms with Crippen LogP contribution >= 0.6 is 23.4 Å². The predicted molar refractivity (Wildman–Crippen MR) is 162 cm³/mol. The second kappa shape index (κ2) is 13.4. The first kappa shape index (κ1) is 29.6. The molecule has 9 heteroatoms. The van der Waals surface area contributed by atoms with E-state index in [1.165, 1.54) is 0 Å². The summed E-state index contributed by atoms with van der Waals surface area (Å²) in [5.41, 5.74) is 10.8. The summed E-state index contributed by atoms with van der Waals surface area (Å²) in [6.07, 6.45) is 3.48. The maximum Gasteiger partial charge on any atom is 0.324 e. The van der Waals surface area contributed by atoms with Crippen LogP contribution in [0.2, 0.25) is 5.02 Å². The number of hydrogen-bond acceptors (Lipinski definition) is 6. The van der Waals surface area contributed by atoms with Crippen molar-refractivity contribution in [3.63, 3.8) is 0 Å². The average molecular weight is 580 g/mol. The summed E-state index contributed by atoms with van der Waals surface area (Å²) in [6.45, 7) is 3.70. The van der Waals surface area contributed by atoms with Crippen LogP contribution in [0.15, 0.2) is 60.7 Å². The Labute approximate surface area is 244 Å². The summed E-state index contributed by atoms with van der Waals surface area (Å²) in [4.78, 5) is 41.4. The van der Waals surface area contributed by atoms with E-state index in [9.17, 15) is 14.4 Å². The summed E-state index contributed by atoms with van der Waals surface area (Å²) in [6, 6.07) is 17.1. The Balaban J connectivity index is 1.63. The summed E-state index contributed by atoms with van der Waals surface area (Å²) in [5, 5.41) is 3.49. The third-order valence-corrected chi connectivity index (χ3v) is 7.88. The van der Waals surface area contributed by atoms with E-state index in [4.69, 9.17) is 22.1 Å². The van der Waals surface area contributed by atoms with Gasteiger partial charge in [-0.2, -0.15) is 11.8 Å². The van der Waals surface area contributed by atoms with E-state index in [2.05, 4.69) is 5.32 Å². The first-order chi connectivity index (χ1) is 19.2. The van der Waals surface area contributed by atoms with Crippen LogP contribution in [0, 0.1) is 13.8 Å². The number of rotatable bonds is 8. The lowest BCUT2D eigenvalue weighted by Gasteiger charge is -2.32. The summed E-state index contributed by atoms with van der Waals surface area (Å²) < 4.78 is 5.89. The average Bonchev–Trinajstić information content (AvgIpc) is 3.10. The van der Waals surface area contributed by atoms with Gasteiger partial charge in [0.25, 0.3) is 11.8 Å². The number of ether oxygens (including phenoxy) is 1. The van der Waals surface area contributed by atoms with Crippen LogP contribution in [-0.4, -0.2) is 42.1 Å². The van der Waals surface area contributed by atoms with E-state index in [0.29, 0.717) is 58.8 Å². The summed E-state index contributed by atoms with van der Waals surface area (Å²) in [7, 11) is 0. The van der Waals surface area contributed by atoms with Crippen LogP contribution in [-0.2, 0) is 16.0 Å². The number of carbonyl (C=O) groups is 3. The van der Waals surface area contributed by atoms with Gasteiger partial charge >= 0.3 is 5.97 Å². The standard InChI is InChI=1S/C31H34ClN3O4S/c1-19-7-4-5-9-24(19)29(36)34-23-12-13-25(20(2)17-23)30(37)35-27-14-11-22(32)18-21(27)8-6-10-28(35)39-31(38)26(33)15-16-40-3/h4-5,7,9,11-14,17-18,26,28H,6,8,10,15-16,33H2,1-3H3,(H,34,36)/t26-,28?/m0/s1. The molecule has 1 aliphatic rings. The van der Waals surface area contributed by atoms with Gasteiger partial charge in [0, 0.05) is 28.3 Å². The molecule has 1 aliphatic heterocycles. The number of amides is 2. The number of hydrogen-bond donors (Lipinski definition) is 2. The number of aryl methyl sites for hydroxylation is 3. The highest BCUT2D eigenvalue weighted by Gasteiger charge is 2.34. The smallest absolute Gasteiger partial charge is 0.324 e. The molecule has 0 fully saturated rings. The van der Waals surface area contributed by atoms with Gasteiger partial charge in [-0.1, -0.05) is 29.8 Å². The molecule has 40 heavy (non-hydrogen) atoms. The molecule has 0 bridgehead atoms. The van der Waals surface area contributed by atoms with Crippen molar-refractivity contribution in [3.8, 4) is 0 Å². The fraction of sp³-hybridized carbons (Fsp3) is 0.323. The Kier molecular flexibility index (Phi) is 9.90. The molecular weight excluding hydrogens is 546 g/mol. The zero-order valence-electron chi connectivity index (χ0n) is 22.9. The molecule has 4 rings (SSSR count). The van der Waals surface area contributed by atoms with Crippen molar-refractivity contribution in [2.24, 2.45) is 5.73 Å². The zero-order chi connectivity index (χ0) is 28.8. The molecule has 0 saturated heterocycles. The van der Waals surface area contributed by atoms with Crippen molar-refractivity contribution in [1.29, 1.82) is 0 Å². The van der Waals surface area contributed by atoms with Gasteiger partial charge in [-0.15, -0.1) is 0 Å². The molecule has 3 aromatic carbocycles. The van der Waals surface area contributed by atoms with Gasteiger partial charge in [-0.05, 0) is 104 Å². The topological polar surface area (TPSA) is 102 Å². The molecule has 2 atom stereocenters. The predicted octanol–water partition coefficient (Wildman–Crippen LogP) is 6.14. The fourth-order valence-corrected chi connectivity index (χ4v) is 5.50. The Morgan fingerprint density at radius 2 is 1.85 bits per heavy atom. The van der Waals surface area contributed by atoms with Crippen molar-refractivity contribution in [1.82, 2.24) is 0 Å². The molecule has 3 N–H and O–H groups in total. The molecule has 3 aromatic rings. The number of halogens is 1. The number of nitrogens with one attached hydrogen (secondary N) is 1. The van der Waals surface area contributed by atoms with E-state index in [-0.39, 0.29) is 11.8 Å². The zero-order valence-corrected chi connectivity index (χ0v) is 24.5. The number of carbonyl (C=O) groups excluding carboxylic acids is 3. The van der Waals surface area contributed by atoms with Gasteiger partial charge in [0.1, 0.15) is 6.04 Å². The lowest BCUT2D eigenvalue weighted by molar-refractivity contribution is -0.150. The van der Waals surface area contributed by atoms with E-state index < -0.39 is 18.2 Å². The monoisotopic (exact) mass is 579 g/mol. The van der Waals surface area contributed by atoms with Crippen LogP contribution in [0.4, 0.5) is 11.4 Å². The van der Waals surface area contributed by atoms with Crippen molar-refractivity contribution in [3.05, 3.63) is 93.5 Å². The molecule has 1 heterocycles. The molecule has 210 valence electrons. The minimum Gasteiger partial charge on any atom is -0.440 e. The third-order valence-electron chi connectivity index (χ3n) is 7.00. The van der Waals surface area contributed by atoms with Gasteiger partial charge in [0.15, 0.2) is 6.23 Å². The Morgan fingerprint density at radius 1 is 1.07 bits per heavy atom. The van der Waals surface area contributed by atoms with E-state index in [1.807, 2.05) is 44.4 Å². The number of fused-ring (bicyclic) bond motifs is 1. The van der Waals surface area contributed by atoms with Gasteiger partial charge in [0.05, 0.1) is 5.69 Å². The van der Waals surface area contributed by atoms with Gasteiger partial charge in [0.2, 0.25) is 0 Å². The minimum absolute atomic E-state index is 0.223. The van der Waals surface area contributed by atoms with Gasteiger partial charge in [-0.25, -0.2) is 0 Å². The van der Waals surface area contributed by atoms with E-state index >= 15 is 0 Å². The molecule has 7 nitrogen and oxygen atoms in total. The second-order valence-electron chi connectivity index (χ2n) is 9.92. The lowest BCUT2D eigenvalue weighted by Crippen LogP contribution is -2.46. The second-order valence-corrected chi connectivity index (χ2v) is 11.3. The maximum absolute atomic E-state index is 14.1. The third kappa shape index (κ3) is 6.86. The van der Waals surface area contributed by atoms with Crippen molar-refractivity contribution < 1.29 is 19.1 Å². The highest BCUT2D eigenvalue weighted by Crippen LogP contribution is 2.34. The Morgan fingerprint density at radius 3 is 2.58 bits per heavy atom. The molecule has 0 saturated carbocycles. The largest absolute Gasteiger partial charge is 0.440 e. The molecule has 0 aromatic heterocycles. The minimum atomic E-state index is -0.817. The molecule has 0 aliphatic carbocycles. The summed E-state index contributed by atoms with van der Waals surface area (Å²) in [5.74, 6) is -0.327. The number of esters is 1. The van der Waals surface area contributed by atoms with Crippen LogP contribution in [0.5, 0.6) is 0 Å². The number of benzene rings is 3. The van der Waals surface area contributed by atoms with Crippen molar-refractivity contribution in [2.75, 3.05) is 22.2 Å². The van der Waals surface area contributed by atoms with Crippen LogP contribution in [0.25, 0.3) is 0 Å². The van der Waals surface area contributed by atoms with Crippen LogP contribution in [0.3, 0.4) is 0 Å². The van der Waals surface area contributed by atoms with Crippen LogP contribution < -0.4 is 16.0 Å². The van der Waals surface area contributed by atoms with Gasteiger partial charge < -0.3 is 15.8 Å². The van der Waals surface area contributed by atoms with Crippen LogP contribution in [0.1, 0.15) is 56.7 Å². The van der Waals surface area contributed by atoms with E-state index in [1.54, 1.807) is 53.1 Å². The molecule has 0 radical (unpaired) electrons. The first-order valence-electron chi connectivity index (χ1n) is 13.2. The molecule has 0 spiro atoms. The molecule has 1 unspecified atom stereocenters. The van der Waals surface area contributed by atoms with E-state index in [0.717, 1.165) is 16.9 Å². The number of thioether (sulfide) groups is 1. The SMILES string of the molecule is CSCC[C@H](N)C(=O)OC1CCCc2cc(Cl)ccc2N1C(=O)c1ccc(NC(=O)c2ccccc2C)cc1C. The highest BCUT2D eigenvalue weighted by atomic mass is 35.5. The normalized spacial score (nSPS) is 15.5. The number of nitrogens with zero attached hydrogens (tertiary/aromatic N) is 1. The number of anilines is 2. The summed E-state index contributed by atoms with van der Waals surface area (Å²) >= 11 is 7.89. The number of nitrogens with two attached hydrogens (primary N) is 1. The van der Waals surface area contributed by atoms with Crippen molar-refractivity contribution in [2.45, 2.75) is 51.8 Å². The first-order valence-corrected chi connectivity index (χ1v) is 15.0. The quantitative estimate of drug-likeness (QED) is 0.311. The Hall–Kier alpha value is -3.33. The molecular formula is C31H34ClN3O4S.